The van der Waals surface area contributed by atoms with Crippen LogP contribution in [0, 0.1) is 0 Å². The third-order valence-electron chi connectivity index (χ3n) is 6.15. The van der Waals surface area contributed by atoms with Gasteiger partial charge in [-0.15, -0.1) is 11.3 Å². The lowest BCUT2D eigenvalue weighted by molar-refractivity contribution is -0.0321. The molecular formula is C25H27N3O3S. The van der Waals surface area contributed by atoms with Crippen LogP contribution in [0.15, 0.2) is 54.7 Å². The normalized spacial score (nSPS) is 17.3. The van der Waals surface area contributed by atoms with Gasteiger partial charge in [-0.3, -0.25) is 9.69 Å². The fourth-order valence-electron chi connectivity index (χ4n) is 4.70. The topological polar surface area (TPSA) is 80.7 Å². The van der Waals surface area contributed by atoms with Crippen LogP contribution in [0.3, 0.4) is 0 Å². The van der Waals surface area contributed by atoms with Crippen LogP contribution >= 0.6 is 11.3 Å². The van der Waals surface area contributed by atoms with E-state index >= 15 is 0 Å². The molecule has 1 unspecified atom stereocenters. The van der Waals surface area contributed by atoms with Crippen molar-refractivity contribution in [2.45, 2.75) is 25.6 Å². The number of rotatable bonds is 7. The monoisotopic (exact) mass is 449 g/mol. The summed E-state index contributed by atoms with van der Waals surface area (Å²) in [6.07, 6.45) is 2.75. The number of aliphatic hydroxyl groups excluding tert-OH is 1. The average Bonchev–Trinajstić information content (AvgIpc) is 3.37. The van der Waals surface area contributed by atoms with Crippen LogP contribution in [0.4, 0.5) is 0 Å². The maximum Gasteiger partial charge on any atom is 0.259 e. The lowest BCUT2D eigenvalue weighted by Crippen LogP contribution is -2.38. The molecule has 0 saturated carbocycles. The van der Waals surface area contributed by atoms with Crippen molar-refractivity contribution in [2.75, 3.05) is 26.3 Å². The Bertz CT molecular complexity index is 1260. The van der Waals surface area contributed by atoms with Crippen molar-refractivity contribution in [3.05, 3.63) is 70.7 Å². The van der Waals surface area contributed by atoms with Gasteiger partial charge in [-0.2, -0.15) is 0 Å². The number of aliphatic hydroxyl groups is 1. The van der Waals surface area contributed by atoms with E-state index in [1.54, 1.807) is 0 Å². The number of fused-ring (bicyclic) bond motifs is 2. The van der Waals surface area contributed by atoms with Crippen molar-refractivity contribution < 1.29 is 14.6 Å². The van der Waals surface area contributed by atoms with E-state index in [0.29, 0.717) is 18.0 Å². The van der Waals surface area contributed by atoms with Crippen molar-refractivity contribution in [1.29, 1.82) is 0 Å². The summed E-state index contributed by atoms with van der Waals surface area (Å²) in [5.41, 5.74) is 9.12. The van der Waals surface area contributed by atoms with Gasteiger partial charge in [0.05, 0.1) is 17.6 Å². The number of carbonyl (C=O) groups excluding carboxylic acids is 1. The fourth-order valence-corrected chi connectivity index (χ4v) is 5.81. The Morgan fingerprint density at radius 3 is 2.75 bits per heavy atom. The lowest BCUT2D eigenvalue weighted by atomic mass is 10.0. The zero-order valence-electron chi connectivity index (χ0n) is 17.9. The van der Waals surface area contributed by atoms with E-state index in [9.17, 15) is 9.90 Å². The van der Waals surface area contributed by atoms with Crippen molar-refractivity contribution in [2.24, 2.45) is 5.73 Å². The predicted molar refractivity (Wildman–Crippen MR) is 128 cm³/mol. The number of morpholine rings is 1. The SMILES string of the molecule is NC(=O)c1sc2ccccc2c1C1CN(Cc2cn(CCCO)c3ccccc23)CCO1. The molecular weight excluding hydrogens is 422 g/mol. The van der Waals surface area contributed by atoms with Gasteiger partial charge < -0.3 is 20.1 Å². The summed E-state index contributed by atoms with van der Waals surface area (Å²) in [6.45, 7) is 3.93. The first kappa shape index (κ1) is 21.2. The Morgan fingerprint density at radius 1 is 1.16 bits per heavy atom. The molecule has 0 radical (unpaired) electrons. The first-order chi connectivity index (χ1) is 15.7. The molecule has 1 aliphatic heterocycles. The highest BCUT2D eigenvalue weighted by Crippen LogP contribution is 2.38. The molecule has 5 rings (SSSR count). The van der Waals surface area contributed by atoms with Gasteiger partial charge in [-0.1, -0.05) is 36.4 Å². The number of amides is 1. The summed E-state index contributed by atoms with van der Waals surface area (Å²) in [4.78, 5) is 15.2. The predicted octanol–water partition coefficient (Wildman–Crippen LogP) is 3.91. The van der Waals surface area contributed by atoms with Gasteiger partial charge in [0, 0.05) is 60.1 Å². The van der Waals surface area contributed by atoms with Crippen LogP contribution in [0.1, 0.15) is 33.3 Å². The summed E-state index contributed by atoms with van der Waals surface area (Å²) >= 11 is 1.45. The summed E-state index contributed by atoms with van der Waals surface area (Å²) in [6, 6.07) is 16.5. The molecule has 166 valence electrons. The number of aryl methyl sites for hydroxylation is 1. The van der Waals surface area contributed by atoms with Crippen LogP contribution in [-0.2, 0) is 17.8 Å². The van der Waals surface area contributed by atoms with E-state index in [1.807, 2.05) is 24.3 Å². The van der Waals surface area contributed by atoms with E-state index < -0.39 is 5.91 Å². The average molecular weight is 450 g/mol. The lowest BCUT2D eigenvalue weighted by Gasteiger charge is -2.33. The second kappa shape index (κ2) is 9.03. The first-order valence-electron chi connectivity index (χ1n) is 11.0. The zero-order valence-corrected chi connectivity index (χ0v) is 18.7. The number of aromatic nitrogens is 1. The molecule has 1 fully saturated rings. The second-order valence-electron chi connectivity index (χ2n) is 8.24. The number of ether oxygens (including phenoxy) is 1. The molecule has 1 saturated heterocycles. The van der Waals surface area contributed by atoms with Crippen LogP contribution in [0.25, 0.3) is 21.0 Å². The number of benzene rings is 2. The molecule has 4 aromatic rings. The minimum Gasteiger partial charge on any atom is -0.396 e. The van der Waals surface area contributed by atoms with Gasteiger partial charge in [0.2, 0.25) is 0 Å². The Balaban J connectivity index is 1.43. The van der Waals surface area contributed by atoms with E-state index in [2.05, 4.69) is 39.9 Å². The molecule has 1 atom stereocenters. The molecule has 2 aromatic heterocycles. The molecule has 0 bridgehead atoms. The van der Waals surface area contributed by atoms with Crippen molar-refractivity contribution in [3.8, 4) is 0 Å². The van der Waals surface area contributed by atoms with Gasteiger partial charge in [-0.05, 0) is 29.5 Å². The van der Waals surface area contributed by atoms with E-state index in [1.165, 1.54) is 27.8 Å². The summed E-state index contributed by atoms with van der Waals surface area (Å²) < 4.78 is 9.45. The number of primary amides is 1. The van der Waals surface area contributed by atoms with Gasteiger partial charge >= 0.3 is 0 Å². The molecule has 1 aliphatic rings. The second-order valence-corrected chi connectivity index (χ2v) is 9.29. The highest BCUT2D eigenvalue weighted by molar-refractivity contribution is 7.21. The summed E-state index contributed by atoms with van der Waals surface area (Å²) in [5.74, 6) is -0.395. The molecule has 0 spiro atoms. The van der Waals surface area contributed by atoms with E-state index in [0.717, 1.165) is 41.7 Å². The number of para-hydroxylation sites is 1. The number of thiophene rings is 1. The van der Waals surface area contributed by atoms with Gasteiger partial charge in [-0.25, -0.2) is 0 Å². The van der Waals surface area contributed by atoms with Gasteiger partial charge in [0.25, 0.3) is 5.91 Å². The standard InChI is InChI=1S/C25H27N3O3S/c26-25(30)24-23(19-7-2-4-9-22(19)32-24)21-16-27(11-13-31-21)14-17-15-28(10-5-12-29)20-8-3-1-6-18(17)20/h1-4,6-9,15,21,29H,5,10-14,16H2,(H2,26,30). The van der Waals surface area contributed by atoms with Crippen LogP contribution in [-0.4, -0.2) is 46.8 Å². The number of nitrogens with two attached hydrogens (primary N) is 1. The van der Waals surface area contributed by atoms with Gasteiger partial charge in [0.15, 0.2) is 0 Å². The highest BCUT2D eigenvalue weighted by atomic mass is 32.1. The smallest absolute Gasteiger partial charge is 0.259 e. The van der Waals surface area contributed by atoms with E-state index in [4.69, 9.17) is 10.5 Å². The number of carbonyl (C=O) groups is 1. The third-order valence-corrected chi connectivity index (χ3v) is 7.35. The zero-order chi connectivity index (χ0) is 22.1. The Labute approximate surface area is 190 Å². The van der Waals surface area contributed by atoms with E-state index in [-0.39, 0.29) is 12.7 Å². The fraction of sp³-hybridized carbons (Fsp3) is 0.320. The third kappa shape index (κ3) is 3.93. The molecule has 3 N–H and O–H groups in total. The molecule has 0 aliphatic carbocycles. The number of hydrogen-bond donors (Lipinski definition) is 2. The molecule has 3 heterocycles. The Kier molecular flexibility index (Phi) is 5.97. The quantitative estimate of drug-likeness (QED) is 0.448. The number of hydrogen-bond acceptors (Lipinski definition) is 5. The largest absolute Gasteiger partial charge is 0.396 e. The minimum absolute atomic E-state index is 0.184. The molecule has 2 aromatic carbocycles. The van der Waals surface area contributed by atoms with Crippen LogP contribution in [0.5, 0.6) is 0 Å². The minimum atomic E-state index is -0.395. The first-order valence-corrected chi connectivity index (χ1v) is 11.8. The van der Waals surface area contributed by atoms with Crippen molar-refractivity contribution in [1.82, 2.24) is 9.47 Å². The Morgan fingerprint density at radius 2 is 1.94 bits per heavy atom. The molecule has 32 heavy (non-hydrogen) atoms. The summed E-state index contributed by atoms with van der Waals surface area (Å²) in [7, 11) is 0. The van der Waals surface area contributed by atoms with Crippen molar-refractivity contribution in [3.63, 3.8) is 0 Å². The van der Waals surface area contributed by atoms with Gasteiger partial charge in [0.1, 0.15) is 0 Å². The highest BCUT2D eigenvalue weighted by Gasteiger charge is 2.29. The number of nitrogens with zero attached hydrogens (tertiary/aromatic N) is 2. The van der Waals surface area contributed by atoms with Crippen LogP contribution < -0.4 is 5.73 Å². The van der Waals surface area contributed by atoms with Crippen molar-refractivity contribution >= 4 is 38.2 Å². The molecule has 7 heteroatoms. The Hall–Kier alpha value is -2.71. The van der Waals surface area contributed by atoms with Crippen LogP contribution in [0.2, 0.25) is 0 Å². The molecule has 6 nitrogen and oxygen atoms in total. The summed E-state index contributed by atoms with van der Waals surface area (Å²) in [5, 5.41) is 11.6. The maximum atomic E-state index is 12.2. The molecule has 1 amide bonds. The maximum absolute atomic E-state index is 12.2.